The molecular formula is C15H13FN4O2. The summed E-state index contributed by atoms with van der Waals surface area (Å²) >= 11 is 0. The molecule has 1 aliphatic heterocycles. The quantitative estimate of drug-likeness (QED) is 0.805. The van der Waals surface area contributed by atoms with E-state index in [1.54, 1.807) is 24.6 Å². The number of phenolic OH excluding ortho intramolecular Hbond substituents is 1. The number of halogens is 1. The molecule has 0 fully saturated rings. The number of phenols is 1. The van der Waals surface area contributed by atoms with Crippen LogP contribution in [-0.4, -0.2) is 21.7 Å². The molecule has 0 spiro atoms. The fraction of sp³-hybridized carbons (Fsp3) is 0.0667. The molecule has 7 heteroatoms. The third-order valence-electron chi connectivity index (χ3n) is 2.87. The van der Waals surface area contributed by atoms with Gasteiger partial charge in [-0.3, -0.25) is 0 Å². The van der Waals surface area contributed by atoms with Crippen molar-refractivity contribution in [2.24, 2.45) is 0 Å². The molecule has 0 aliphatic carbocycles. The van der Waals surface area contributed by atoms with Gasteiger partial charge in [0.05, 0.1) is 12.5 Å². The summed E-state index contributed by atoms with van der Waals surface area (Å²) < 4.78 is 18.8. The molecule has 3 N–H and O–H groups in total. The number of aromatic hydroxyl groups is 1. The monoisotopic (exact) mass is 300 g/mol. The number of nitrogens with zero attached hydrogens (tertiary/aromatic N) is 2. The summed E-state index contributed by atoms with van der Waals surface area (Å²) in [6.45, 7) is 0.475. The number of benzene rings is 1. The van der Waals surface area contributed by atoms with Crippen LogP contribution in [0.25, 0.3) is 0 Å². The van der Waals surface area contributed by atoms with E-state index in [-0.39, 0.29) is 17.5 Å². The maximum atomic E-state index is 13.8. The average Bonchev–Trinajstić information content (AvgIpc) is 3.01. The number of rotatable bonds is 4. The summed E-state index contributed by atoms with van der Waals surface area (Å²) in [4.78, 5) is 7.92. The highest BCUT2D eigenvalue weighted by molar-refractivity contribution is 5.59. The third kappa shape index (κ3) is 3.32. The highest BCUT2D eigenvalue weighted by Crippen LogP contribution is 2.21. The zero-order valence-electron chi connectivity index (χ0n) is 11.5. The van der Waals surface area contributed by atoms with E-state index in [1.807, 2.05) is 6.08 Å². The minimum atomic E-state index is -0.592. The predicted molar refractivity (Wildman–Crippen MR) is 80.2 cm³/mol. The van der Waals surface area contributed by atoms with E-state index in [1.165, 1.54) is 12.1 Å². The fourth-order valence-corrected chi connectivity index (χ4v) is 1.82. The fourth-order valence-electron chi connectivity index (χ4n) is 1.82. The highest BCUT2D eigenvalue weighted by Gasteiger charge is 2.08. The second-order valence-electron chi connectivity index (χ2n) is 4.54. The van der Waals surface area contributed by atoms with Gasteiger partial charge in [0.1, 0.15) is 12.4 Å². The van der Waals surface area contributed by atoms with Gasteiger partial charge in [0, 0.05) is 23.5 Å². The number of ether oxygens (including phenoxy) is 1. The molecule has 2 aromatic rings. The molecule has 0 atom stereocenters. The first-order valence-electron chi connectivity index (χ1n) is 6.53. The number of nitrogens with one attached hydrogen (secondary N) is 2. The normalized spacial score (nSPS) is 14.9. The Hall–Kier alpha value is -3.09. The van der Waals surface area contributed by atoms with Gasteiger partial charge in [0.25, 0.3) is 0 Å². The predicted octanol–water partition coefficient (Wildman–Crippen LogP) is 2.90. The summed E-state index contributed by atoms with van der Waals surface area (Å²) in [5.41, 5.74) is 1.45. The zero-order chi connectivity index (χ0) is 15.4. The van der Waals surface area contributed by atoms with Gasteiger partial charge in [-0.2, -0.15) is 4.98 Å². The molecule has 1 aromatic heterocycles. The Labute approximate surface area is 126 Å². The van der Waals surface area contributed by atoms with Crippen molar-refractivity contribution >= 4 is 17.5 Å². The van der Waals surface area contributed by atoms with Crippen molar-refractivity contribution in [2.45, 2.75) is 0 Å². The molecule has 1 aromatic carbocycles. The van der Waals surface area contributed by atoms with Crippen molar-refractivity contribution in [1.29, 1.82) is 0 Å². The number of hydrogen-bond acceptors (Lipinski definition) is 6. The van der Waals surface area contributed by atoms with Crippen LogP contribution in [0.1, 0.15) is 0 Å². The Bertz CT molecular complexity index is 746. The first-order valence-corrected chi connectivity index (χ1v) is 6.53. The van der Waals surface area contributed by atoms with Crippen LogP contribution in [-0.2, 0) is 4.74 Å². The lowest BCUT2D eigenvalue weighted by Gasteiger charge is -2.08. The molecule has 0 amide bonds. The Morgan fingerprint density at radius 1 is 1.36 bits per heavy atom. The van der Waals surface area contributed by atoms with Crippen molar-refractivity contribution in [1.82, 2.24) is 9.97 Å². The van der Waals surface area contributed by atoms with E-state index in [4.69, 9.17) is 4.74 Å². The average molecular weight is 300 g/mol. The molecule has 22 heavy (non-hydrogen) atoms. The van der Waals surface area contributed by atoms with Gasteiger partial charge in [-0.05, 0) is 18.2 Å². The molecule has 0 saturated carbocycles. The van der Waals surface area contributed by atoms with E-state index in [2.05, 4.69) is 20.6 Å². The van der Waals surface area contributed by atoms with Crippen molar-refractivity contribution in [3.8, 4) is 5.75 Å². The van der Waals surface area contributed by atoms with Crippen LogP contribution in [0.15, 0.2) is 54.6 Å². The standard InChI is InChI=1S/C15H13FN4O2/c16-13-8-18-15(17-7-10-4-5-22-9-10)20-14(13)19-11-2-1-3-12(21)6-11/h1-8,21H,9H2,(H2,17,18,19,20). The smallest absolute Gasteiger partial charge is 0.228 e. The summed E-state index contributed by atoms with van der Waals surface area (Å²) in [5.74, 6) is -0.252. The Morgan fingerprint density at radius 2 is 2.27 bits per heavy atom. The summed E-state index contributed by atoms with van der Waals surface area (Å²) in [5, 5.41) is 15.1. The second-order valence-corrected chi connectivity index (χ2v) is 4.54. The van der Waals surface area contributed by atoms with Crippen LogP contribution in [0, 0.1) is 5.82 Å². The molecule has 0 radical (unpaired) electrons. The lowest BCUT2D eigenvalue weighted by atomic mass is 10.3. The molecule has 6 nitrogen and oxygen atoms in total. The number of anilines is 3. The van der Waals surface area contributed by atoms with Crippen molar-refractivity contribution in [2.75, 3.05) is 17.2 Å². The summed E-state index contributed by atoms with van der Waals surface area (Å²) in [7, 11) is 0. The van der Waals surface area contributed by atoms with E-state index in [0.29, 0.717) is 12.3 Å². The van der Waals surface area contributed by atoms with Crippen LogP contribution in [0.3, 0.4) is 0 Å². The molecule has 0 saturated heterocycles. The van der Waals surface area contributed by atoms with E-state index < -0.39 is 5.82 Å². The lowest BCUT2D eigenvalue weighted by molar-refractivity contribution is 0.301. The topological polar surface area (TPSA) is 79.3 Å². The second kappa shape index (κ2) is 6.13. The van der Waals surface area contributed by atoms with Crippen LogP contribution in [0.2, 0.25) is 0 Å². The minimum absolute atomic E-state index is 0.0136. The third-order valence-corrected chi connectivity index (χ3v) is 2.87. The largest absolute Gasteiger partial charge is 0.508 e. The molecule has 0 bridgehead atoms. The molecule has 2 heterocycles. The molecule has 1 aliphatic rings. The Kier molecular flexibility index (Phi) is 3.86. The van der Waals surface area contributed by atoms with Gasteiger partial charge in [-0.25, -0.2) is 9.37 Å². The van der Waals surface area contributed by atoms with Gasteiger partial charge in [0.15, 0.2) is 11.6 Å². The number of hydrogen-bond donors (Lipinski definition) is 3. The number of aromatic nitrogens is 2. The van der Waals surface area contributed by atoms with Gasteiger partial charge < -0.3 is 20.5 Å². The van der Waals surface area contributed by atoms with E-state index >= 15 is 0 Å². The Morgan fingerprint density at radius 3 is 3.05 bits per heavy atom. The SMILES string of the molecule is Oc1cccc(Nc2nc(NC=C3C=COC3)ncc2F)c1. The first kappa shape index (κ1) is 13.9. The molecular weight excluding hydrogens is 287 g/mol. The summed E-state index contributed by atoms with van der Waals surface area (Å²) in [6, 6.07) is 6.33. The highest BCUT2D eigenvalue weighted by atomic mass is 19.1. The molecule has 0 unspecified atom stereocenters. The van der Waals surface area contributed by atoms with Gasteiger partial charge in [-0.1, -0.05) is 6.07 Å². The van der Waals surface area contributed by atoms with Crippen molar-refractivity contribution < 1.29 is 14.2 Å². The van der Waals surface area contributed by atoms with Crippen molar-refractivity contribution in [3.63, 3.8) is 0 Å². The van der Waals surface area contributed by atoms with Gasteiger partial charge >= 0.3 is 0 Å². The lowest BCUT2D eigenvalue weighted by Crippen LogP contribution is -2.03. The molecule has 3 rings (SSSR count). The molecule has 112 valence electrons. The van der Waals surface area contributed by atoms with Gasteiger partial charge in [-0.15, -0.1) is 0 Å². The minimum Gasteiger partial charge on any atom is -0.508 e. The van der Waals surface area contributed by atoms with Crippen LogP contribution >= 0.6 is 0 Å². The first-order chi connectivity index (χ1) is 10.7. The summed E-state index contributed by atoms with van der Waals surface area (Å²) in [6.07, 6.45) is 6.16. The zero-order valence-corrected chi connectivity index (χ0v) is 11.5. The maximum absolute atomic E-state index is 13.8. The van der Waals surface area contributed by atoms with Crippen LogP contribution in [0.5, 0.6) is 5.75 Å². The maximum Gasteiger partial charge on any atom is 0.228 e. The Balaban J connectivity index is 1.77. The van der Waals surface area contributed by atoms with E-state index in [9.17, 15) is 9.50 Å². The van der Waals surface area contributed by atoms with Gasteiger partial charge in [0.2, 0.25) is 5.95 Å². The van der Waals surface area contributed by atoms with Crippen molar-refractivity contribution in [3.05, 3.63) is 60.4 Å². The van der Waals surface area contributed by atoms with Crippen LogP contribution in [0.4, 0.5) is 21.8 Å². The van der Waals surface area contributed by atoms with E-state index in [0.717, 1.165) is 11.8 Å². The van der Waals surface area contributed by atoms with Crippen LogP contribution < -0.4 is 10.6 Å².